The van der Waals surface area contributed by atoms with Gasteiger partial charge in [0.25, 0.3) is 0 Å². The summed E-state index contributed by atoms with van der Waals surface area (Å²) in [6.07, 6.45) is 1.76. The number of hydrogen-bond donors (Lipinski definition) is 2. The Balaban J connectivity index is 1.66. The lowest BCUT2D eigenvalue weighted by molar-refractivity contribution is 0.0696. The number of aromatic carboxylic acids is 2. The second-order valence-electron chi connectivity index (χ2n) is 8.27. The van der Waals surface area contributed by atoms with E-state index >= 15 is 0 Å². The summed E-state index contributed by atoms with van der Waals surface area (Å²) in [7, 11) is 0. The highest BCUT2D eigenvalue weighted by atomic mass is 16.4. The third-order valence-electron chi connectivity index (χ3n) is 5.87. The van der Waals surface area contributed by atoms with Crippen molar-refractivity contribution in [3.8, 4) is 11.4 Å². The van der Waals surface area contributed by atoms with E-state index in [-0.39, 0.29) is 11.1 Å². The lowest BCUT2D eigenvalue weighted by Gasteiger charge is -2.12. The molecule has 2 heterocycles. The van der Waals surface area contributed by atoms with Crippen molar-refractivity contribution in [2.75, 3.05) is 0 Å². The third kappa shape index (κ3) is 4.28. The topological polar surface area (TPSA) is 96.8 Å². The van der Waals surface area contributed by atoms with Crippen LogP contribution < -0.4 is 0 Å². The minimum absolute atomic E-state index is 0.0779. The Labute approximate surface area is 197 Å². The quantitative estimate of drug-likeness (QED) is 0.367. The second-order valence-corrected chi connectivity index (χ2v) is 8.27. The van der Waals surface area contributed by atoms with Crippen molar-refractivity contribution in [1.29, 1.82) is 0 Å². The van der Waals surface area contributed by atoms with Crippen molar-refractivity contribution in [3.05, 3.63) is 100 Å². The Hall–Kier alpha value is -4.39. The van der Waals surface area contributed by atoms with Crippen molar-refractivity contribution >= 4 is 23.8 Å². The predicted octanol–water partition coefficient (Wildman–Crippen LogP) is 5.65. The van der Waals surface area contributed by atoms with Crippen LogP contribution in [-0.2, 0) is 0 Å². The number of carbonyl (C=O) groups is 2. The Morgan fingerprint density at radius 3 is 1.79 bits per heavy atom. The van der Waals surface area contributed by atoms with Crippen LogP contribution in [0.3, 0.4) is 0 Å². The maximum atomic E-state index is 11.5. The molecule has 0 bridgehead atoms. The smallest absolute Gasteiger partial charge is 0.335 e. The molecule has 0 unspecified atom stereocenters. The van der Waals surface area contributed by atoms with E-state index in [1.165, 1.54) is 23.5 Å². The van der Waals surface area contributed by atoms with Gasteiger partial charge in [0.05, 0.1) is 16.8 Å². The van der Waals surface area contributed by atoms with Crippen LogP contribution >= 0.6 is 0 Å². The van der Waals surface area contributed by atoms with Gasteiger partial charge in [-0.05, 0) is 88.4 Å². The summed E-state index contributed by atoms with van der Waals surface area (Å²) in [5.74, 6) is -2.36. The first-order valence-corrected chi connectivity index (χ1v) is 10.8. The van der Waals surface area contributed by atoms with Crippen LogP contribution in [0.15, 0.2) is 65.7 Å². The van der Waals surface area contributed by atoms with Gasteiger partial charge < -0.3 is 19.3 Å². The van der Waals surface area contributed by atoms with Gasteiger partial charge in [-0.1, -0.05) is 0 Å². The molecule has 34 heavy (non-hydrogen) atoms. The van der Waals surface area contributed by atoms with E-state index in [9.17, 15) is 19.8 Å². The maximum absolute atomic E-state index is 11.5. The number of aliphatic imine (C=N–C) groups is 1. The van der Waals surface area contributed by atoms with Crippen molar-refractivity contribution in [2.45, 2.75) is 27.7 Å². The van der Waals surface area contributed by atoms with Gasteiger partial charge >= 0.3 is 11.9 Å². The van der Waals surface area contributed by atoms with Gasteiger partial charge in [-0.15, -0.1) is 0 Å². The first kappa shape index (κ1) is 22.8. The molecular formula is C27H25N3O4. The first-order chi connectivity index (χ1) is 16.2. The third-order valence-corrected chi connectivity index (χ3v) is 5.87. The Bertz CT molecular complexity index is 1390. The summed E-state index contributed by atoms with van der Waals surface area (Å²) in [5, 5.41) is 18.8. The highest BCUT2D eigenvalue weighted by Crippen LogP contribution is 2.24. The molecule has 7 heteroatoms. The van der Waals surface area contributed by atoms with Crippen LogP contribution in [0.5, 0.6) is 0 Å². The molecule has 2 N–H and O–H groups in total. The largest absolute Gasteiger partial charge is 0.478 e. The van der Waals surface area contributed by atoms with E-state index < -0.39 is 11.9 Å². The van der Waals surface area contributed by atoms with Crippen LogP contribution in [0.25, 0.3) is 11.4 Å². The van der Waals surface area contributed by atoms with E-state index in [1.807, 2.05) is 48.7 Å². The summed E-state index contributed by atoms with van der Waals surface area (Å²) in [5.41, 5.74) is 7.06. The zero-order valence-electron chi connectivity index (χ0n) is 19.4. The zero-order chi connectivity index (χ0) is 24.6. The Morgan fingerprint density at radius 2 is 1.26 bits per heavy atom. The van der Waals surface area contributed by atoms with Gasteiger partial charge in [0, 0.05) is 45.9 Å². The van der Waals surface area contributed by atoms with Crippen molar-refractivity contribution in [2.24, 2.45) is 4.99 Å². The van der Waals surface area contributed by atoms with Gasteiger partial charge in [-0.2, -0.15) is 0 Å². The number of nitrogens with zero attached hydrogens (tertiary/aromatic N) is 3. The Kier molecular flexibility index (Phi) is 5.94. The van der Waals surface area contributed by atoms with E-state index in [0.29, 0.717) is 5.69 Å². The number of carboxylic acid groups (broad SMARTS) is 2. The summed E-state index contributed by atoms with van der Waals surface area (Å²) in [6, 6.07) is 18.2. The molecule has 2 aromatic heterocycles. The average Bonchev–Trinajstić information content (AvgIpc) is 3.29. The van der Waals surface area contributed by atoms with Crippen molar-refractivity contribution in [3.63, 3.8) is 0 Å². The first-order valence-electron chi connectivity index (χ1n) is 10.8. The number of rotatable bonds is 6. The van der Waals surface area contributed by atoms with Gasteiger partial charge in [-0.3, -0.25) is 4.99 Å². The van der Waals surface area contributed by atoms with Crippen molar-refractivity contribution in [1.82, 2.24) is 9.13 Å². The summed E-state index contributed by atoms with van der Waals surface area (Å²) >= 11 is 0. The molecule has 0 spiro atoms. The van der Waals surface area contributed by atoms with E-state index in [4.69, 9.17) is 0 Å². The molecule has 0 atom stereocenters. The minimum atomic E-state index is -1.18. The SMILES string of the molecule is Cc1ccc(C)n1-c1ccc(N=Cc2cc(C)n(-c3cc(C(=O)O)cc(C(=O)O)c3)c2C)cc1. The molecule has 0 aliphatic carbocycles. The Morgan fingerprint density at radius 1 is 0.706 bits per heavy atom. The minimum Gasteiger partial charge on any atom is -0.478 e. The van der Waals surface area contributed by atoms with E-state index in [1.54, 1.807) is 6.21 Å². The maximum Gasteiger partial charge on any atom is 0.335 e. The molecule has 4 rings (SSSR count). The molecule has 0 aliphatic rings. The number of aryl methyl sites for hydroxylation is 3. The molecule has 0 radical (unpaired) electrons. The number of benzene rings is 2. The monoisotopic (exact) mass is 455 g/mol. The summed E-state index contributed by atoms with van der Waals surface area (Å²) in [6.45, 7) is 7.92. The average molecular weight is 456 g/mol. The summed E-state index contributed by atoms with van der Waals surface area (Å²) in [4.78, 5) is 27.6. The number of carboxylic acids is 2. The fourth-order valence-corrected chi connectivity index (χ4v) is 4.21. The van der Waals surface area contributed by atoms with Gasteiger partial charge in [0.1, 0.15) is 0 Å². The molecule has 4 aromatic rings. The number of hydrogen-bond acceptors (Lipinski definition) is 3. The van der Waals surface area contributed by atoms with E-state index in [0.717, 1.165) is 34.4 Å². The van der Waals surface area contributed by atoms with Crippen LogP contribution in [-0.4, -0.2) is 37.5 Å². The van der Waals surface area contributed by atoms with Crippen LogP contribution in [0.4, 0.5) is 5.69 Å². The fraction of sp³-hybridized carbons (Fsp3) is 0.148. The fourth-order valence-electron chi connectivity index (χ4n) is 4.21. The van der Waals surface area contributed by atoms with Crippen LogP contribution in [0.1, 0.15) is 49.1 Å². The standard InChI is InChI=1S/C27H25N3O4/c1-16-5-6-17(2)29(16)24-9-7-23(8-10-24)28-15-22-11-18(3)30(19(22)4)25-13-20(26(31)32)12-21(14-25)27(33)34/h5-15H,1-4H3,(H,31,32)(H,33,34). The number of aromatic nitrogens is 2. The highest BCUT2D eigenvalue weighted by Gasteiger charge is 2.16. The lowest BCUT2D eigenvalue weighted by atomic mass is 10.1. The van der Waals surface area contributed by atoms with Crippen LogP contribution in [0.2, 0.25) is 0 Å². The second kappa shape index (κ2) is 8.86. The molecule has 0 saturated carbocycles. The van der Waals surface area contributed by atoms with Gasteiger partial charge in [0.2, 0.25) is 0 Å². The normalized spacial score (nSPS) is 11.3. The van der Waals surface area contributed by atoms with Crippen molar-refractivity contribution < 1.29 is 19.8 Å². The molecule has 2 aromatic carbocycles. The molecule has 0 amide bonds. The molecule has 7 nitrogen and oxygen atoms in total. The highest BCUT2D eigenvalue weighted by molar-refractivity contribution is 5.95. The van der Waals surface area contributed by atoms with Gasteiger partial charge in [0.15, 0.2) is 0 Å². The van der Waals surface area contributed by atoms with E-state index in [2.05, 4.69) is 35.5 Å². The molecule has 172 valence electrons. The van der Waals surface area contributed by atoms with Gasteiger partial charge in [-0.25, -0.2) is 9.59 Å². The summed E-state index contributed by atoms with van der Waals surface area (Å²) < 4.78 is 4.01. The molecule has 0 saturated heterocycles. The van der Waals surface area contributed by atoms with Crippen LogP contribution in [0, 0.1) is 27.7 Å². The molecular weight excluding hydrogens is 430 g/mol. The predicted molar refractivity (Wildman–Crippen MR) is 132 cm³/mol. The lowest BCUT2D eigenvalue weighted by Crippen LogP contribution is -2.07. The zero-order valence-corrected chi connectivity index (χ0v) is 19.4. The molecule has 0 aliphatic heterocycles. The molecule has 0 fully saturated rings.